The molecule has 0 saturated carbocycles. The second-order valence-corrected chi connectivity index (χ2v) is 4.86. The minimum atomic E-state index is -4.07. The van der Waals surface area contributed by atoms with Gasteiger partial charge in [0.25, 0.3) is 0 Å². The maximum Gasteiger partial charge on any atom is 0.0954 e. The van der Waals surface area contributed by atoms with E-state index in [0.717, 1.165) is 0 Å². The van der Waals surface area contributed by atoms with Crippen LogP contribution in [0.3, 0.4) is 0 Å². The van der Waals surface area contributed by atoms with Crippen LogP contribution < -0.4 is 0 Å². The minimum absolute atomic E-state index is 0.261. The van der Waals surface area contributed by atoms with Crippen LogP contribution in [0.25, 0.3) is 0 Å². The molecule has 11 heavy (non-hydrogen) atoms. The van der Waals surface area contributed by atoms with Gasteiger partial charge in [0.15, 0.2) is 0 Å². The lowest BCUT2D eigenvalue weighted by Crippen LogP contribution is -2.09. The van der Waals surface area contributed by atoms with Crippen LogP contribution in [0, 0.1) is 0 Å². The van der Waals surface area contributed by atoms with Crippen LogP contribution in [0.1, 0.15) is 6.92 Å². The number of thioether (sulfide) groups is 1. The molecule has 0 spiro atoms. The number of hydrogen-bond donors (Lipinski definition) is 1. The highest BCUT2D eigenvalue weighted by Crippen LogP contribution is 2.02. The highest BCUT2D eigenvalue weighted by molar-refractivity contribution is 8.00. The van der Waals surface area contributed by atoms with Gasteiger partial charge >= 0.3 is 0 Å². The Hall–Kier alpha value is 0.220. The summed E-state index contributed by atoms with van der Waals surface area (Å²) in [5, 5.41) is 8.73. The summed E-state index contributed by atoms with van der Waals surface area (Å²) < 4.78 is 30.1. The van der Waals surface area contributed by atoms with Gasteiger partial charge in [-0.25, -0.2) is 8.42 Å². The van der Waals surface area contributed by atoms with Crippen molar-refractivity contribution in [3.05, 3.63) is 0 Å². The Morgan fingerprint density at radius 1 is 1.64 bits per heavy atom. The molecule has 0 saturated heterocycles. The van der Waals surface area contributed by atoms with Crippen molar-refractivity contribution in [2.24, 2.45) is 0 Å². The Bertz CT molecular complexity index is 185. The van der Waals surface area contributed by atoms with Crippen molar-refractivity contribution in [3.63, 3.8) is 0 Å². The van der Waals surface area contributed by atoms with E-state index in [9.17, 15) is 13.0 Å². The molecule has 0 radical (unpaired) electrons. The molecule has 0 aromatic rings. The fourth-order valence-corrected chi connectivity index (χ4v) is 2.21. The van der Waals surface area contributed by atoms with E-state index in [4.69, 9.17) is 5.11 Å². The highest BCUT2D eigenvalue weighted by atomic mass is 32.2. The fourth-order valence-electron chi connectivity index (χ4n) is 0.415. The van der Waals surface area contributed by atoms with Gasteiger partial charge in [-0.2, -0.15) is 11.8 Å². The van der Waals surface area contributed by atoms with Gasteiger partial charge < -0.3 is 9.66 Å². The van der Waals surface area contributed by atoms with Crippen LogP contribution in [-0.2, 0) is 10.1 Å². The van der Waals surface area contributed by atoms with Crippen LogP contribution in [-0.4, -0.2) is 41.4 Å². The van der Waals surface area contributed by atoms with E-state index < -0.39 is 16.2 Å². The van der Waals surface area contributed by atoms with Crippen LogP contribution in [0.15, 0.2) is 0 Å². The Balaban J connectivity index is 3.30. The average Bonchev–Trinajstić information content (AvgIpc) is 1.78. The molecule has 0 rings (SSSR count). The summed E-state index contributed by atoms with van der Waals surface area (Å²) in [6.07, 6.45) is -0.450. The molecule has 0 unspecified atom stereocenters. The minimum Gasteiger partial charge on any atom is -0.748 e. The van der Waals surface area contributed by atoms with Crippen LogP contribution in [0.2, 0.25) is 0 Å². The van der Waals surface area contributed by atoms with E-state index in [1.165, 1.54) is 11.8 Å². The summed E-state index contributed by atoms with van der Waals surface area (Å²) in [4.78, 5) is 0. The Morgan fingerprint density at radius 2 is 2.18 bits per heavy atom. The normalized spacial score (nSPS) is 14.8. The maximum absolute atomic E-state index is 10.0. The molecule has 0 amide bonds. The Kier molecular flexibility index (Phi) is 5.07. The van der Waals surface area contributed by atoms with Gasteiger partial charge in [-0.05, 0) is 6.92 Å². The quantitative estimate of drug-likeness (QED) is 0.483. The summed E-state index contributed by atoms with van der Waals surface area (Å²) in [6, 6.07) is 0. The van der Waals surface area contributed by atoms with Gasteiger partial charge in [-0.3, -0.25) is 0 Å². The van der Waals surface area contributed by atoms with E-state index in [-0.39, 0.29) is 11.5 Å². The highest BCUT2D eigenvalue weighted by Gasteiger charge is 1.98. The molecule has 6 heteroatoms. The molecular formula is C5H11O4S2-. The van der Waals surface area contributed by atoms with Gasteiger partial charge in [0.2, 0.25) is 0 Å². The van der Waals surface area contributed by atoms with Crippen LogP contribution in [0.4, 0.5) is 0 Å². The lowest BCUT2D eigenvalue weighted by atomic mass is 10.5. The number of rotatable bonds is 5. The average molecular weight is 199 g/mol. The van der Waals surface area contributed by atoms with Crippen molar-refractivity contribution in [3.8, 4) is 0 Å². The van der Waals surface area contributed by atoms with Crippen LogP contribution in [0.5, 0.6) is 0 Å². The summed E-state index contributed by atoms with van der Waals surface area (Å²) in [6.45, 7) is 1.61. The maximum atomic E-state index is 10.0. The summed E-state index contributed by atoms with van der Waals surface area (Å²) in [7, 11) is -4.07. The first kappa shape index (κ1) is 11.2. The predicted molar refractivity (Wildman–Crippen MR) is 43.6 cm³/mol. The standard InChI is InChI=1S/C5H12O4S2/c1-5(6)4-10-2-3-11(7,8)9/h5-6H,2-4H2,1H3,(H,7,8,9)/p-1/t5-/m1/s1. The smallest absolute Gasteiger partial charge is 0.0954 e. The molecule has 0 aliphatic carbocycles. The Morgan fingerprint density at radius 3 is 2.55 bits per heavy atom. The SMILES string of the molecule is C[C@@H](O)CSCCS(=O)(=O)[O-]. The molecule has 4 nitrogen and oxygen atoms in total. The summed E-state index contributed by atoms with van der Waals surface area (Å²) >= 11 is 1.26. The molecule has 0 aliphatic heterocycles. The van der Waals surface area contributed by atoms with E-state index in [2.05, 4.69) is 0 Å². The third-order valence-electron chi connectivity index (χ3n) is 0.837. The van der Waals surface area contributed by atoms with Gasteiger partial charge in [-0.15, -0.1) is 0 Å². The Labute approximate surface area is 70.7 Å². The molecule has 0 aromatic heterocycles. The monoisotopic (exact) mass is 199 g/mol. The first-order valence-corrected chi connectivity index (χ1v) is 5.84. The zero-order valence-electron chi connectivity index (χ0n) is 6.19. The van der Waals surface area contributed by atoms with Crippen molar-refractivity contribution in [1.29, 1.82) is 0 Å². The molecule has 68 valence electrons. The predicted octanol–water partition coefficient (Wildman–Crippen LogP) is -0.354. The summed E-state index contributed by atoms with van der Waals surface area (Å²) in [5.74, 6) is 0.372. The van der Waals surface area contributed by atoms with Crippen molar-refractivity contribution < 1.29 is 18.1 Å². The molecule has 0 bridgehead atoms. The number of aliphatic hydroxyl groups excluding tert-OH is 1. The first-order chi connectivity index (χ1) is 4.92. The van der Waals surface area contributed by atoms with E-state index in [0.29, 0.717) is 5.75 Å². The molecule has 0 aliphatic rings. The largest absolute Gasteiger partial charge is 0.748 e. The third-order valence-corrected chi connectivity index (χ3v) is 3.01. The van der Waals surface area contributed by atoms with E-state index in [1.807, 2.05) is 0 Å². The fraction of sp³-hybridized carbons (Fsp3) is 1.00. The van der Waals surface area contributed by atoms with E-state index in [1.54, 1.807) is 6.92 Å². The lowest BCUT2D eigenvalue weighted by Gasteiger charge is -2.06. The van der Waals surface area contributed by atoms with Gasteiger partial charge in [0.1, 0.15) is 0 Å². The molecule has 0 aromatic carbocycles. The second-order valence-electron chi connectivity index (χ2n) is 2.19. The number of hydrogen-bond acceptors (Lipinski definition) is 5. The molecular weight excluding hydrogens is 188 g/mol. The van der Waals surface area contributed by atoms with Gasteiger partial charge in [-0.1, -0.05) is 0 Å². The topological polar surface area (TPSA) is 77.4 Å². The first-order valence-electron chi connectivity index (χ1n) is 3.11. The third kappa shape index (κ3) is 10.2. The van der Waals surface area contributed by atoms with Crippen molar-refractivity contribution in [2.75, 3.05) is 17.3 Å². The zero-order valence-corrected chi connectivity index (χ0v) is 7.82. The molecule has 1 N–H and O–H groups in total. The zero-order chi connectivity index (χ0) is 8.91. The lowest BCUT2D eigenvalue weighted by molar-refractivity contribution is 0.220. The van der Waals surface area contributed by atoms with Crippen molar-refractivity contribution in [1.82, 2.24) is 0 Å². The molecule has 0 fully saturated rings. The van der Waals surface area contributed by atoms with Crippen molar-refractivity contribution in [2.45, 2.75) is 13.0 Å². The van der Waals surface area contributed by atoms with Crippen LogP contribution >= 0.6 is 11.8 Å². The van der Waals surface area contributed by atoms with E-state index >= 15 is 0 Å². The summed E-state index contributed by atoms with van der Waals surface area (Å²) in [5.41, 5.74) is 0. The second kappa shape index (κ2) is 4.97. The van der Waals surface area contributed by atoms with Gasteiger partial charge in [0, 0.05) is 17.3 Å². The van der Waals surface area contributed by atoms with Crippen molar-refractivity contribution >= 4 is 21.9 Å². The molecule has 1 atom stereocenters. The van der Waals surface area contributed by atoms with Gasteiger partial charge in [0.05, 0.1) is 16.2 Å². The molecule has 0 heterocycles. The number of aliphatic hydroxyl groups is 1.